The van der Waals surface area contributed by atoms with Crippen molar-refractivity contribution in [1.29, 1.82) is 0 Å². The average Bonchev–Trinajstić information content (AvgIpc) is 2.19. The van der Waals surface area contributed by atoms with Gasteiger partial charge in [-0.1, -0.05) is 0 Å². The molecule has 0 aliphatic rings. The van der Waals surface area contributed by atoms with Gasteiger partial charge < -0.3 is 10.8 Å². The molecule has 1 heterocycles. The van der Waals surface area contributed by atoms with Crippen LogP contribution in [-0.2, 0) is 6.42 Å². The summed E-state index contributed by atoms with van der Waals surface area (Å²) >= 11 is 0. The summed E-state index contributed by atoms with van der Waals surface area (Å²) in [5.74, 6) is 0.227. The number of phenols is 1. The van der Waals surface area contributed by atoms with Gasteiger partial charge >= 0.3 is 0 Å². The second kappa shape index (κ2) is 3.59. The Bertz CT molecular complexity index is 456. The zero-order valence-electron chi connectivity index (χ0n) is 7.64. The van der Waals surface area contributed by atoms with Crippen LogP contribution >= 0.6 is 0 Å². The van der Waals surface area contributed by atoms with Gasteiger partial charge in [-0.25, -0.2) is 9.97 Å². The minimum absolute atomic E-state index is 0.227. The lowest BCUT2D eigenvalue weighted by Crippen LogP contribution is -2.05. The van der Waals surface area contributed by atoms with Crippen molar-refractivity contribution in [2.45, 2.75) is 6.42 Å². The Morgan fingerprint density at radius 2 is 2.14 bits per heavy atom. The van der Waals surface area contributed by atoms with Crippen LogP contribution in [0.25, 0.3) is 10.9 Å². The summed E-state index contributed by atoms with van der Waals surface area (Å²) in [4.78, 5) is 8.24. The van der Waals surface area contributed by atoms with Crippen LogP contribution in [0.4, 0.5) is 0 Å². The fraction of sp³-hybridized carbons (Fsp3) is 0.200. The van der Waals surface area contributed by atoms with Crippen molar-refractivity contribution < 1.29 is 5.11 Å². The molecule has 4 nitrogen and oxygen atoms in total. The Labute approximate surface area is 81.4 Å². The van der Waals surface area contributed by atoms with Crippen LogP contribution in [0.1, 0.15) is 5.69 Å². The first-order valence-corrected chi connectivity index (χ1v) is 4.44. The van der Waals surface area contributed by atoms with Crippen molar-refractivity contribution in [1.82, 2.24) is 9.97 Å². The molecule has 0 unspecified atom stereocenters. The molecule has 0 fully saturated rings. The molecule has 2 rings (SSSR count). The molecule has 72 valence electrons. The van der Waals surface area contributed by atoms with Crippen molar-refractivity contribution in [3.63, 3.8) is 0 Å². The van der Waals surface area contributed by atoms with E-state index in [2.05, 4.69) is 9.97 Å². The summed E-state index contributed by atoms with van der Waals surface area (Å²) in [6, 6.07) is 5.05. The molecule has 3 N–H and O–H groups in total. The van der Waals surface area contributed by atoms with Crippen LogP contribution in [-0.4, -0.2) is 21.6 Å². The SMILES string of the molecule is NCCc1ncnc2ccc(O)cc12. The van der Waals surface area contributed by atoms with Crippen molar-refractivity contribution in [2.75, 3.05) is 6.54 Å². The molecular formula is C10H11N3O. The number of aromatic nitrogens is 2. The predicted octanol–water partition coefficient (Wildman–Crippen LogP) is 0.837. The minimum Gasteiger partial charge on any atom is -0.508 e. The third-order valence-electron chi connectivity index (χ3n) is 2.08. The zero-order valence-corrected chi connectivity index (χ0v) is 7.64. The first-order chi connectivity index (χ1) is 6.81. The van der Waals surface area contributed by atoms with Crippen molar-refractivity contribution >= 4 is 10.9 Å². The van der Waals surface area contributed by atoms with E-state index in [-0.39, 0.29) is 5.75 Å². The van der Waals surface area contributed by atoms with E-state index in [1.807, 2.05) is 0 Å². The smallest absolute Gasteiger partial charge is 0.116 e. The lowest BCUT2D eigenvalue weighted by Gasteiger charge is -2.03. The van der Waals surface area contributed by atoms with E-state index in [1.54, 1.807) is 18.2 Å². The van der Waals surface area contributed by atoms with Gasteiger partial charge in [0.25, 0.3) is 0 Å². The van der Waals surface area contributed by atoms with E-state index >= 15 is 0 Å². The highest BCUT2D eigenvalue weighted by Gasteiger charge is 2.03. The van der Waals surface area contributed by atoms with Crippen LogP contribution in [0.2, 0.25) is 0 Å². The van der Waals surface area contributed by atoms with E-state index in [1.165, 1.54) is 6.33 Å². The summed E-state index contributed by atoms with van der Waals surface area (Å²) in [6.45, 7) is 0.543. The van der Waals surface area contributed by atoms with Crippen LogP contribution in [0.3, 0.4) is 0 Å². The highest BCUT2D eigenvalue weighted by atomic mass is 16.3. The van der Waals surface area contributed by atoms with Gasteiger partial charge in [0, 0.05) is 11.8 Å². The summed E-state index contributed by atoms with van der Waals surface area (Å²) < 4.78 is 0. The Morgan fingerprint density at radius 3 is 2.93 bits per heavy atom. The maximum absolute atomic E-state index is 9.34. The number of nitrogens with zero attached hydrogens (tertiary/aromatic N) is 2. The molecule has 4 heteroatoms. The second-order valence-corrected chi connectivity index (χ2v) is 3.06. The quantitative estimate of drug-likeness (QED) is 0.734. The molecule has 1 aromatic carbocycles. The molecule has 0 amide bonds. The third kappa shape index (κ3) is 1.52. The van der Waals surface area contributed by atoms with Crippen LogP contribution in [0.5, 0.6) is 5.75 Å². The van der Waals surface area contributed by atoms with Crippen molar-refractivity contribution in [3.8, 4) is 5.75 Å². The Kier molecular flexibility index (Phi) is 2.28. The monoisotopic (exact) mass is 189 g/mol. The first kappa shape index (κ1) is 8.90. The molecule has 0 aliphatic heterocycles. The normalized spacial score (nSPS) is 10.6. The molecule has 0 saturated heterocycles. The molecule has 14 heavy (non-hydrogen) atoms. The van der Waals surface area contributed by atoms with E-state index in [9.17, 15) is 5.11 Å². The molecule has 2 aromatic rings. The molecule has 0 saturated carbocycles. The fourth-order valence-electron chi connectivity index (χ4n) is 1.43. The lowest BCUT2D eigenvalue weighted by atomic mass is 10.1. The van der Waals surface area contributed by atoms with E-state index in [4.69, 9.17) is 5.73 Å². The van der Waals surface area contributed by atoms with Gasteiger partial charge in [-0.3, -0.25) is 0 Å². The standard InChI is InChI=1S/C10H11N3O/c11-4-3-10-8-5-7(14)1-2-9(8)12-6-13-10/h1-2,5-6,14H,3-4,11H2. The average molecular weight is 189 g/mol. The van der Waals surface area contributed by atoms with Gasteiger partial charge in [0.1, 0.15) is 12.1 Å². The Morgan fingerprint density at radius 1 is 1.29 bits per heavy atom. The number of hydrogen-bond acceptors (Lipinski definition) is 4. The maximum Gasteiger partial charge on any atom is 0.116 e. The third-order valence-corrected chi connectivity index (χ3v) is 2.08. The number of fused-ring (bicyclic) bond motifs is 1. The van der Waals surface area contributed by atoms with Gasteiger partial charge in [0.2, 0.25) is 0 Å². The van der Waals surface area contributed by atoms with Crippen molar-refractivity contribution in [3.05, 3.63) is 30.2 Å². The second-order valence-electron chi connectivity index (χ2n) is 3.06. The van der Waals surface area contributed by atoms with E-state index in [0.29, 0.717) is 13.0 Å². The molecule has 0 aliphatic carbocycles. The molecule has 0 spiro atoms. The molecule has 0 atom stereocenters. The van der Waals surface area contributed by atoms with Gasteiger partial charge in [-0.2, -0.15) is 0 Å². The number of nitrogens with two attached hydrogens (primary N) is 1. The molecule has 0 radical (unpaired) electrons. The van der Waals surface area contributed by atoms with E-state index in [0.717, 1.165) is 16.6 Å². The minimum atomic E-state index is 0.227. The molecular weight excluding hydrogens is 178 g/mol. The highest BCUT2D eigenvalue weighted by molar-refractivity contribution is 5.82. The molecule has 0 bridgehead atoms. The Hall–Kier alpha value is -1.68. The van der Waals surface area contributed by atoms with Crippen LogP contribution in [0, 0.1) is 0 Å². The molecule has 1 aromatic heterocycles. The Balaban J connectivity index is 2.64. The summed E-state index contributed by atoms with van der Waals surface area (Å²) in [5, 5.41) is 10.2. The maximum atomic E-state index is 9.34. The number of rotatable bonds is 2. The predicted molar refractivity (Wildman–Crippen MR) is 54.0 cm³/mol. The number of hydrogen-bond donors (Lipinski definition) is 2. The van der Waals surface area contributed by atoms with Crippen molar-refractivity contribution in [2.24, 2.45) is 5.73 Å². The number of phenolic OH excluding ortho intramolecular Hbond substituents is 1. The van der Waals surface area contributed by atoms with Gasteiger partial charge in [-0.15, -0.1) is 0 Å². The summed E-state index contributed by atoms with van der Waals surface area (Å²) in [7, 11) is 0. The highest BCUT2D eigenvalue weighted by Crippen LogP contribution is 2.20. The first-order valence-electron chi connectivity index (χ1n) is 4.44. The lowest BCUT2D eigenvalue weighted by molar-refractivity contribution is 0.476. The largest absolute Gasteiger partial charge is 0.508 e. The number of aromatic hydroxyl groups is 1. The van der Waals surface area contributed by atoms with Gasteiger partial charge in [0.15, 0.2) is 0 Å². The van der Waals surface area contributed by atoms with Crippen LogP contribution in [0.15, 0.2) is 24.5 Å². The summed E-state index contributed by atoms with van der Waals surface area (Å²) in [5.41, 5.74) is 7.18. The fourth-order valence-corrected chi connectivity index (χ4v) is 1.43. The summed E-state index contributed by atoms with van der Waals surface area (Å²) in [6.07, 6.45) is 2.22. The topological polar surface area (TPSA) is 72.0 Å². The zero-order chi connectivity index (χ0) is 9.97. The van der Waals surface area contributed by atoms with Gasteiger partial charge in [-0.05, 0) is 24.7 Å². The van der Waals surface area contributed by atoms with Crippen LogP contribution < -0.4 is 5.73 Å². The van der Waals surface area contributed by atoms with Gasteiger partial charge in [0.05, 0.1) is 11.2 Å². The van der Waals surface area contributed by atoms with E-state index < -0.39 is 0 Å². The number of benzene rings is 1.